The first-order valence-corrected chi connectivity index (χ1v) is 28.8. The van der Waals surface area contributed by atoms with Crippen LogP contribution in [-0.2, 0) is 15.6 Å². The molecule has 2 aliphatic carbocycles. The van der Waals surface area contributed by atoms with Crippen molar-refractivity contribution in [3.8, 4) is 0 Å². The van der Waals surface area contributed by atoms with Crippen molar-refractivity contribution in [3.05, 3.63) is 81.9 Å². The minimum absolute atomic E-state index is 0.246. The monoisotopic (exact) mass is 561 g/mol. The van der Waals surface area contributed by atoms with Crippen LogP contribution < -0.4 is 0 Å². The Labute approximate surface area is 203 Å². The van der Waals surface area contributed by atoms with E-state index in [9.17, 15) is 0 Å². The molecule has 0 fully saturated rings. The molecular weight excluding hydrogens is 527 g/mol. The number of unbranched alkanes of at least 4 members (excludes halogenated alkanes) is 2. The van der Waals surface area contributed by atoms with Crippen LogP contribution in [0.3, 0.4) is 0 Å². The molecule has 171 valence electrons. The van der Waals surface area contributed by atoms with Gasteiger partial charge in [-0.05, 0) is 0 Å². The first-order valence-electron chi connectivity index (χ1n) is 12.5. The van der Waals surface area contributed by atoms with Crippen molar-refractivity contribution < 1.29 is 15.6 Å². The van der Waals surface area contributed by atoms with Gasteiger partial charge < -0.3 is 0 Å². The summed E-state index contributed by atoms with van der Waals surface area (Å²) in [6, 6.07) is 17.9. The van der Waals surface area contributed by atoms with Gasteiger partial charge in [0.25, 0.3) is 0 Å². The molecule has 2 unspecified atom stereocenters. The summed E-state index contributed by atoms with van der Waals surface area (Å²) in [6.07, 6.45) is 11.9. The molecule has 0 aromatic heterocycles. The third-order valence-electron chi connectivity index (χ3n) is 7.88. The molecule has 2 aromatic rings. The third-order valence-corrected chi connectivity index (χ3v) is 59.7. The van der Waals surface area contributed by atoms with E-state index in [0.717, 1.165) is 12.8 Å². The number of hydrogen-bond acceptors (Lipinski definition) is 0. The van der Waals surface area contributed by atoms with Crippen LogP contribution in [0.25, 0.3) is 12.2 Å². The number of rotatable bonds is 9. The van der Waals surface area contributed by atoms with Gasteiger partial charge in [-0.25, -0.2) is 0 Å². The SMILES string of the molecule is CCCCC1=Cc2ccccc2[CH]1[Zr]([Cl])([Cl])([CH]1C(CCCC)=Cc2ccccc21)[SiH](C)C. The summed E-state index contributed by atoms with van der Waals surface area (Å²) in [5.41, 5.74) is 8.56. The Morgan fingerprint density at radius 3 is 1.50 bits per heavy atom. The van der Waals surface area contributed by atoms with Crippen molar-refractivity contribution in [2.75, 3.05) is 0 Å². The van der Waals surface area contributed by atoms with E-state index in [1.807, 2.05) is 0 Å². The number of hydrogen-bond donors (Lipinski definition) is 0. The van der Waals surface area contributed by atoms with Gasteiger partial charge in [-0.2, -0.15) is 0 Å². The van der Waals surface area contributed by atoms with E-state index >= 15 is 0 Å². The summed E-state index contributed by atoms with van der Waals surface area (Å²) < 4.78 is 0.491. The van der Waals surface area contributed by atoms with Gasteiger partial charge in [0.15, 0.2) is 0 Å². The molecule has 2 atom stereocenters. The van der Waals surface area contributed by atoms with Gasteiger partial charge >= 0.3 is 205 Å². The Hall–Kier alpha value is -0.400. The van der Waals surface area contributed by atoms with Crippen LogP contribution in [0.2, 0.25) is 13.1 Å². The Balaban J connectivity index is 1.93. The van der Waals surface area contributed by atoms with Crippen LogP contribution >= 0.6 is 17.0 Å². The molecule has 2 aromatic carbocycles. The number of halogens is 2. The van der Waals surface area contributed by atoms with E-state index in [1.165, 1.54) is 59.1 Å². The van der Waals surface area contributed by atoms with Crippen LogP contribution in [0.1, 0.15) is 81.9 Å². The fourth-order valence-electron chi connectivity index (χ4n) is 6.11. The molecule has 0 nitrogen and oxygen atoms in total. The Morgan fingerprint density at radius 1 is 0.719 bits per heavy atom. The summed E-state index contributed by atoms with van der Waals surface area (Å²) >= 11 is -4.46. The number of benzene rings is 2. The Bertz CT molecular complexity index is 975. The molecule has 32 heavy (non-hydrogen) atoms. The molecule has 0 saturated carbocycles. The standard InChI is InChI=1S/2C13H15.C2H7Si.2ClH.Zr/c2*1-2-3-6-11-9-12-7-4-5-8-13(12)10-11;1-3-2;;;/h2*4-5,7-10H,2-3,6H2,1H3;3H,1-2H3;2*1H;/q;;;;;+2/p-2. The third kappa shape index (κ3) is 4.02. The summed E-state index contributed by atoms with van der Waals surface area (Å²) in [4.78, 5) is 0. The first-order chi connectivity index (χ1) is 15.3. The van der Waals surface area contributed by atoms with Gasteiger partial charge in [-0.15, -0.1) is 0 Å². The second-order valence-electron chi connectivity index (χ2n) is 10.2. The van der Waals surface area contributed by atoms with Crippen LogP contribution in [0.5, 0.6) is 0 Å². The van der Waals surface area contributed by atoms with Crippen molar-refractivity contribution in [2.45, 2.75) is 72.7 Å². The normalized spacial score (nSPS) is 21.0. The second-order valence-corrected chi connectivity index (χ2v) is 52.7. The van der Waals surface area contributed by atoms with Crippen LogP contribution in [-0.4, -0.2) is 5.92 Å². The van der Waals surface area contributed by atoms with Crippen LogP contribution in [0.4, 0.5) is 0 Å². The number of fused-ring (bicyclic) bond motifs is 2. The quantitative estimate of drug-likeness (QED) is 0.267. The van der Waals surface area contributed by atoms with E-state index in [1.54, 1.807) is 0 Å². The number of allylic oxidation sites excluding steroid dienone is 2. The predicted molar refractivity (Wildman–Crippen MR) is 144 cm³/mol. The summed E-state index contributed by atoms with van der Waals surface area (Å²) in [6.45, 7) is 9.45. The van der Waals surface area contributed by atoms with E-state index < -0.39 is 21.5 Å². The molecule has 0 bridgehead atoms. The van der Waals surface area contributed by atoms with E-state index in [4.69, 9.17) is 17.0 Å². The average Bonchev–Trinajstić information content (AvgIpc) is 3.35. The molecule has 0 aliphatic heterocycles. The van der Waals surface area contributed by atoms with Crippen molar-refractivity contribution in [2.24, 2.45) is 0 Å². The molecule has 0 spiro atoms. The zero-order chi connectivity index (χ0) is 23.0. The van der Waals surface area contributed by atoms with Crippen LogP contribution in [0.15, 0.2) is 59.7 Å². The molecule has 4 heteroatoms. The molecular formula is C28H37Cl2SiZr. The van der Waals surface area contributed by atoms with Crippen molar-refractivity contribution in [3.63, 3.8) is 0 Å². The fourth-order valence-corrected chi connectivity index (χ4v) is 37.7. The first kappa shape index (κ1) is 24.7. The fraction of sp³-hybridized carbons (Fsp3) is 0.429. The maximum atomic E-state index is 8.30. The average molecular weight is 564 g/mol. The van der Waals surface area contributed by atoms with Gasteiger partial charge in [0, 0.05) is 0 Å². The second kappa shape index (κ2) is 9.69. The van der Waals surface area contributed by atoms with Crippen molar-refractivity contribution >= 4 is 35.1 Å². The van der Waals surface area contributed by atoms with Crippen molar-refractivity contribution in [1.82, 2.24) is 0 Å². The predicted octanol–water partition coefficient (Wildman–Crippen LogP) is 9.62. The van der Waals surface area contributed by atoms with Gasteiger partial charge in [0.1, 0.15) is 0 Å². The molecule has 0 radical (unpaired) electrons. The van der Waals surface area contributed by atoms with Crippen LogP contribution in [0, 0.1) is 0 Å². The van der Waals surface area contributed by atoms with E-state index in [0.29, 0.717) is 0 Å². The van der Waals surface area contributed by atoms with Gasteiger partial charge in [-0.1, -0.05) is 0 Å². The molecule has 0 heterocycles. The molecule has 4 rings (SSSR count). The van der Waals surface area contributed by atoms with Gasteiger partial charge in [0.05, 0.1) is 0 Å². The minimum atomic E-state index is -4.46. The zero-order valence-corrected chi connectivity index (χ0v) is 25.1. The molecule has 0 saturated heterocycles. The van der Waals surface area contributed by atoms with Gasteiger partial charge in [-0.3, -0.25) is 0 Å². The van der Waals surface area contributed by atoms with E-state index in [2.05, 4.69) is 87.6 Å². The molecule has 0 amide bonds. The molecule has 2 aliphatic rings. The van der Waals surface area contributed by atoms with Gasteiger partial charge in [0.2, 0.25) is 0 Å². The summed E-state index contributed by atoms with van der Waals surface area (Å²) in [5, 5.41) is 0. The van der Waals surface area contributed by atoms with E-state index in [-0.39, 0.29) is 7.25 Å². The summed E-state index contributed by atoms with van der Waals surface area (Å²) in [5.74, 6) is -1.43. The molecule has 0 N–H and O–H groups in total. The Morgan fingerprint density at radius 2 is 1.12 bits per heavy atom. The summed E-state index contributed by atoms with van der Waals surface area (Å²) in [7, 11) is 16.6. The van der Waals surface area contributed by atoms with Crippen molar-refractivity contribution in [1.29, 1.82) is 0 Å². The topological polar surface area (TPSA) is 0 Å². The maximum absolute atomic E-state index is 8.30. The zero-order valence-electron chi connectivity index (χ0n) is 20.0. The Kier molecular flexibility index (Phi) is 7.48.